The normalized spacial score (nSPS) is 17.2. The maximum absolute atomic E-state index is 12.5. The highest BCUT2D eigenvalue weighted by atomic mass is 16.7. The summed E-state index contributed by atoms with van der Waals surface area (Å²) in [6.45, 7) is 3.57. The fraction of sp³-hybridized carbons (Fsp3) is 0.381. The fourth-order valence-electron chi connectivity index (χ4n) is 3.66. The number of rotatable bonds is 6. The van der Waals surface area contributed by atoms with Crippen LogP contribution >= 0.6 is 0 Å². The first-order valence-electron chi connectivity index (χ1n) is 9.86. The monoisotopic (exact) mass is 413 g/mol. The number of para-hydroxylation sites is 2. The van der Waals surface area contributed by atoms with Gasteiger partial charge >= 0.3 is 0 Å². The van der Waals surface area contributed by atoms with Crippen molar-refractivity contribution in [1.82, 2.24) is 5.32 Å². The Morgan fingerprint density at radius 3 is 2.97 bits per heavy atom. The van der Waals surface area contributed by atoms with Crippen LogP contribution in [0.25, 0.3) is 0 Å². The number of carbonyl (C=O) groups is 1. The van der Waals surface area contributed by atoms with Crippen LogP contribution in [0.4, 0.5) is 11.4 Å². The molecule has 2 aromatic rings. The minimum absolute atomic E-state index is 0.0170. The number of amides is 1. The standard InChI is InChI=1S/C21H23N3O6/c1-2-7-22-21(25)19-11-23(17-5-3-4-6-18(17)30-19)10-14-8-16(24(26)27)9-15-12-28-13-29-20(14)15/h3-6,8-9,19H,2,7,10-13H2,1H3,(H,22,25)/t19-/m0/s1. The molecule has 0 aromatic heterocycles. The molecular formula is C21H23N3O6. The van der Waals surface area contributed by atoms with Crippen LogP contribution < -0.4 is 19.7 Å². The van der Waals surface area contributed by atoms with E-state index in [1.807, 2.05) is 36.1 Å². The number of nitrogens with one attached hydrogen (secondary N) is 1. The topological polar surface area (TPSA) is 103 Å². The van der Waals surface area contributed by atoms with Crippen LogP contribution in [-0.2, 0) is 22.7 Å². The van der Waals surface area contributed by atoms with Crippen molar-refractivity contribution < 1.29 is 23.9 Å². The molecule has 0 bridgehead atoms. The van der Waals surface area contributed by atoms with Crippen molar-refractivity contribution in [3.05, 3.63) is 57.6 Å². The maximum Gasteiger partial charge on any atom is 0.270 e. The van der Waals surface area contributed by atoms with E-state index in [1.54, 1.807) is 0 Å². The summed E-state index contributed by atoms with van der Waals surface area (Å²) in [5.74, 6) is 1.02. The molecule has 9 nitrogen and oxygen atoms in total. The van der Waals surface area contributed by atoms with Gasteiger partial charge in [0.15, 0.2) is 12.9 Å². The summed E-state index contributed by atoms with van der Waals surface area (Å²) in [7, 11) is 0. The van der Waals surface area contributed by atoms with Crippen LogP contribution in [0.5, 0.6) is 11.5 Å². The van der Waals surface area contributed by atoms with Crippen molar-refractivity contribution in [2.24, 2.45) is 0 Å². The van der Waals surface area contributed by atoms with E-state index in [2.05, 4.69) is 5.32 Å². The first kappa shape index (κ1) is 20.0. The number of nitro benzene ring substituents is 1. The predicted molar refractivity (Wildman–Crippen MR) is 109 cm³/mol. The van der Waals surface area contributed by atoms with Gasteiger partial charge in [-0.3, -0.25) is 14.9 Å². The number of nitrogens with zero attached hydrogens (tertiary/aromatic N) is 2. The van der Waals surface area contributed by atoms with E-state index >= 15 is 0 Å². The number of nitro groups is 1. The SMILES string of the molecule is CCCNC(=O)[C@@H]1CN(Cc2cc([N+](=O)[O-])cc3c2OCOC3)c2ccccc2O1. The van der Waals surface area contributed by atoms with Gasteiger partial charge in [-0.05, 0) is 18.6 Å². The number of ether oxygens (including phenoxy) is 3. The third-order valence-electron chi connectivity index (χ3n) is 5.05. The minimum Gasteiger partial charge on any atom is -0.477 e. The Kier molecular flexibility index (Phi) is 5.71. The highest BCUT2D eigenvalue weighted by Gasteiger charge is 2.32. The summed E-state index contributed by atoms with van der Waals surface area (Å²) in [6.07, 6.45) is 0.156. The maximum atomic E-state index is 12.5. The smallest absolute Gasteiger partial charge is 0.270 e. The second-order valence-corrected chi connectivity index (χ2v) is 7.21. The minimum atomic E-state index is -0.676. The number of non-ortho nitro benzene ring substituents is 1. The number of hydrogen-bond donors (Lipinski definition) is 1. The molecule has 0 unspecified atom stereocenters. The summed E-state index contributed by atoms with van der Waals surface area (Å²) in [6, 6.07) is 10.5. The molecule has 0 radical (unpaired) electrons. The van der Waals surface area contributed by atoms with Crippen LogP contribution in [0.15, 0.2) is 36.4 Å². The van der Waals surface area contributed by atoms with Gasteiger partial charge in [-0.25, -0.2) is 0 Å². The zero-order valence-corrected chi connectivity index (χ0v) is 16.6. The summed E-state index contributed by atoms with van der Waals surface area (Å²) in [5.41, 5.74) is 2.12. The lowest BCUT2D eigenvalue weighted by atomic mass is 10.0. The molecule has 0 fully saturated rings. The Balaban J connectivity index is 1.67. The molecule has 9 heteroatoms. The van der Waals surface area contributed by atoms with Crippen molar-refractivity contribution >= 4 is 17.3 Å². The first-order chi connectivity index (χ1) is 14.6. The van der Waals surface area contributed by atoms with Gasteiger partial charge in [0.1, 0.15) is 11.5 Å². The third kappa shape index (κ3) is 4.02. The molecular weight excluding hydrogens is 390 g/mol. The molecule has 1 atom stereocenters. The zero-order chi connectivity index (χ0) is 21.1. The molecule has 0 aliphatic carbocycles. The quantitative estimate of drug-likeness (QED) is 0.574. The number of anilines is 1. The molecule has 2 aliphatic heterocycles. The molecule has 1 amide bonds. The molecule has 2 heterocycles. The number of carbonyl (C=O) groups excluding carboxylic acids is 1. The van der Waals surface area contributed by atoms with Gasteiger partial charge in [0.2, 0.25) is 0 Å². The number of benzene rings is 2. The largest absolute Gasteiger partial charge is 0.477 e. The molecule has 30 heavy (non-hydrogen) atoms. The van der Waals surface area contributed by atoms with E-state index < -0.39 is 11.0 Å². The summed E-state index contributed by atoms with van der Waals surface area (Å²) in [4.78, 5) is 25.5. The lowest BCUT2D eigenvalue weighted by Crippen LogP contribution is -2.49. The van der Waals surface area contributed by atoms with Gasteiger partial charge in [-0.15, -0.1) is 0 Å². The lowest BCUT2D eigenvalue weighted by Gasteiger charge is -2.36. The molecule has 1 N–H and O–H groups in total. The van der Waals surface area contributed by atoms with Crippen molar-refractivity contribution in [2.45, 2.75) is 32.6 Å². The van der Waals surface area contributed by atoms with E-state index in [9.17, 15) is 14.9 Å². The van der Waals surface area contributed by atoms with E-state index in [1.165, 1.54) is 12.1 Å². The van der Waals surface area contributed by atoms with Gasteiger partial charge in [-0.1, -0.05) is 19.1 Å². The van der Waals surface area contributed by atoms with Gasteiger partial charge in [0, 0.05) is 36.3 Å². The van der Waals surface area contributed by atoms with Crippen LogP contribution in [0.3, 0.4) is 0 Å². The predicted octanol–water partition coefficient (Wildman–Crippen LogP) is 2.76. The van der Waals surface area contributed by atoms with Gasteiger partial charge in [0.25, 0.3) is 11.6 Å². The van der Waals surface area contributed by atoms with Crippen LogP contribution in [-0.4, -0.2) is 36.8 Å². The van der Waals surface area contributed by atoms with Crippen LogP contribution in [0, 0.1) is 10.1 Å². The Labute approximate surface area is 173 Å². The average molecular weight is 413 g/mol. The first-order valence-corrected chi connectivity index (χ1v) is 9.86. The van der Waals surface area contributed by atoms with Gasteiger partial charge in [0.05, 0.1) is 23.8 Å². The van der Waals surface area contributed by atoms with Crippen LogP contribution in [0.2, 0.25) is 0 Å². The summed E-state index contributed by atoms with van der Waals surface area (Å²) >= 11 is 0. The van der Waals surface area contributed by atoms with Gasteiger partial charge in [-0.2, -0.15) is 0 Å². The molecule has 2 aromatic carbocycles. The average Bonchev–Trinajstić information content (AvgIpc) is 2.77. The molecule has 0 saturated carbocycles. The second-order valence-electron chi connectivity index (χ2n) is 7.21. The Hall–Kier alpha value is -3.33. The molecule has 4 rings (SSSR count). The molecule has 2 aliphatic rings. The van der Waals surface area contributed by atoms with Crippen molar-refractivity contribution in [3.8, 4) is 11.5 Å². The highest BCUT2D eigenvalue weighted by Crippen LogP contribution is 2.38. The van der Waals surface area contributed by atoms with Crippen molar-refractivity contribution in [3.63, 3.8) is 0 Å². The lowest BCUT2D eigenvalue weighted by molar-refractivity contribution is -0.385. The number of fused-ring (bicyclic) bond motifs is 2. The van der Waals surface area contributed by atoms with E-state index in [0.29, 0.717) is 42.3 Å². The number of hydrogen-bond acceptors (Lipinski definition) is 7. The third-order valence-corrected chi connectivity index (χ3v) is 5.05. The van der Waals surface area contributed by atoms with E-state index in [-0.39, 0.29) is 25.0 Å². The zero-order valence-electron chi connectivity index (χ0n) is 16.6. The summed E-state index contributed by atoms with van der Waals surface area (Å²) < 4.78 is 16.9. The highest BCUT2D eigenvalue weighted by molar-refractivity contribution is 5.83. The Morgan fingerprint density at radius 1 is 1.33 bits per heavy atom. The Bertz CT molecular complexity index is 964. The van der Waals surface area contributed by atoms with Crippen LogP contribution in [0.1, 0.15) is 24.5 Å². The molecule has 158 valence electrons. The van der Waals surface area contributed by atoms with E-state index in [0.717, 1.165) is 12.1 Å². The van der Waals surface area contributed by atoms with Gasteiger partial charge < -0.3 is 24.4 Å². The molecule has 0 spiro atoms. The molecule has 0 saturated heterocycles. The summed E-state index contributed by atoms with van der Waals surface area (Å²) in [5, 5.41) is 14.3. The second kappa shape index (κ2) is 8.58. The van der Waals surface area contributed by atoms with Crippen molar-refractivity contribution in [2.75, 3.05) is 24.8 Å². The van der Waals surface area contributed by atoms with Crippen molar-refractivity contribution in [1.29, 1.82) is 0 Å². The fourth-order valence-corrected chi connectivity index (χ4v) is 3.66. The van der Waals surface area contributed by atoms with E-state index in [4.69, 9.17) is 14.2 Å². The Morgan fingerprint density at radius 2 is 2.17 bits per heavy atom.